The van der Waals surface area contributed by atoms with Crippen LogP contribution in [0.4, 0.5) is 0 Å². The van der Waals surface area contributed by atoms with Crippen molar-refractivity contribution >= 4 is 38.8 Å². The molecule has 6 heteroatoms. The van der Waals surface area contributed by atoms with Gasteiger partial charge in [-0.05, 0) is 40.8 Å². The van der Waals surface area contributed by atoms with Crippen molar-refractivity contribution in [3.8, 4) is 0 Å². The van der Waals surface area contributed by atoms with Crippen LogP contribution < -0.4 is 4.83 Å². The second-order valence-corrected chi connectivity index (χ2v) is 6.51. The molecule has 0 spiro atoms. The minimum atomic E-state index is -3.59. The van der Waals surface area contributed by atoms with Gasteiger partial charge in [-0.3, -0.25) is 0 Å². The number of hydrogen-bond donors (Lipinski definition) is 1. The zero-order valence-electron chi connectivity index (χ0n) is 9.82. The number of nitrogens with zero attached hydrogens (tertiary/aromatic N) is 1. The fourth-order valence-electron chi connectivity index (χ4n) is 1.40. The smallest absolute Gasteiger partial charge is 0.200 e. The summed E-state index contributed by atoms with van der Waals surface area (Å²) in [4.78, 5) is 2.38. The lowest BCUT2D eigenvalue weighted by molar-refractivity contribution is 0.584. The third-order valence-electron chi connectivity index (χ3n) is 2.34. The number of sulfonamides is 1. The van der Waals surface area contributed by atoms with Crippen LogP contribution in [-0.2, 0) is 10.0 Å². The van der Waals surface area contributed by atoms with Gasteiger partial charge in [-0.2, -0.15) is 13.5 Å². The Balaban J connectivity index is 2.13. The molecule has 0 aliphatic heterocycles. The van der Waals surface area contributed by atoms with E-state index in [4.69, 9.17) is 0 Å². The topological polar surface area (TPSA) is 58.5 Å². The molecule has 0 unspecified atom stereocenters. The molecule has 0 saturated carbocycles. The summed E-state index contributed by atoms with van der Waals surface area (Å²) in [5.74, 6) is 0. The molecule has 0 aliphatic carbocycles. The highest BCUT2D eigenvalue weighted by atomic mass is 127. The Hall–Kier alpha value is -1.41. The number of nitrogens with one attached hydrogen (secondary N) is 1. The third kappa shape index (κ3) is 3.77. The second-order valence-electron chi connectivity index (χ2n) is 3.69. The van der Waals surface area contributed by atoms with Crippen molar-refractivity contribution in [1.29, 1.82) is 0 Å². The minimum absolute atomic E-state index is 0.190. The van der Waals surface area contributed by atoms with Gasteiger partial charge in [0.2, 0.25) is 0 Å². The van der Waals surface area contributed by atoms with Gasteiger partial charge in [0, 0.05) is 9.13 Å². The largest absolute Gasteiger partial charge is 0.276 e. The zero-order valence-corrected chi connectivity index (χ0v) is 12.8. The summed E-state index contributed by atoms with van der Waals surface area (Å²) in [5.41, 5.74) is 0.860. The van der Waals surface area contributed by atoms with Crippen LogP contribution in [0.25, 0.3) is 0 Å². The maximum atomic E-state index is 11.9. The molecule has 19 heavy (non-hydrogen) atoms. The van der Waals surface area contributed by atoms with E-state index < -0.39 is 10.0 Å². The Morgan fingerprint density at radius 1 is 1.00 bits per heavy atom. The van der Waals surface area contributed by atoms with Crippen molar-refractivity contribution in [3.63, 3.8) is 0 Å². The van der Waals surface area contributed by atoms with Gasteiger partial charge in [-0.1, -0.05) is 36.4 Å². The van der Waals surface area contributed by atoms with Crippen LogP contribution in [0.15, 0.2) is 64.6 Å². The first-order valence-electron chi connectivity index (χ1n) is 5.44. The average Bonchev–Trinajstić information content (AvgIpc) is 2.42. The second kappa shape index (κ2) is 6.16. The van der Waals surface area contributed by atoms with E-state index in [2.05, 4.69) is 32.5 Å². The van der Waals surface area contributed by atoms with Crippen molar-refractivity contribution in [2.24, 2.45) is 5.10 Å². The van der Waals surface area contributed by atoms with Gasteiger partial charge in [-0.25, -0.2) is 4.83 Å². The highest BCUT2D eigenvalue weighted by Crippen LogP contribution is 2.09. The highest BCUT2D eigenvalue weighted by molar-refractivity contribution is 14.1. The molecule has 0 radical (unpaired) electrons. The van der Waals surface area contributed by atoms with Gasteiger partial charge in [0.05, 0.1) is 11.1 Å². The maximum Gasteiger partial charge on any atom is 0.276 e. The van der Waals surface area contributed by atoms with E-state index in [9.17, 15) is 8.42 Å². The average molecular weight is 386 g/mol. The van der Waals surface area contributed by atoms with Crippen molar-refractivity contribution in [3.05, 3.63) is 63.7 Å². The van der Waals surface area contributed by atoms with Crippen LogP contribution in [0.5, 0.6) is 0 Å². The van der Waals surface area contributed by atoms with Gasteiger partial charge in [0.15, 0.2) is 0 Å². The Morgan fingerprint density at radius 2 is 1.63 bits per heavy atom. The van der Waals surface area contributed by atoms with Gasteiger partial charge in [0.25, 0.3) is 10.0 Å². The molecular formula is C13H11IN2O2S. The fraction of sp³-hybridized carbons (Fsp3) is 0. The molecule has 0 bridgehead atoms. The third-order valence-corrected chi connectivity index (χ3v) is 4.56. The molecule has 0 saturated heterocycles. The molecule has 2 aromatic carbocycles. The number of benzene rings is 2. The normalized spacial score (nSPS) is 11.6. The highest BCUT2D eigenvalue weighted by Gasteiger charge is 2.10. The molecule has 0 aliphatic rings. The summed E-state index contributed by atoms with van der Waals surface area (Å²) in [7, 11) is -3.59. The van der Waals surface area contributed by atoms with E-state index in [1.165, 1.54) is 18.3 Å². The first-order chi connectivity index (χ1) is 9.09. The molecular weight excluding hydrogens is 375 g/mol. The summed E-state index contributed by atoms with van der Waals surface area (Å²) < 4.78 is 24.8. The van der Waals surface area contributed by atoms with E-state index >= 15 is 0 Å². The summed E-state index contributed by atoms with van der Waals surface area (Å²) in [6.07, 6.45) is 1.49. The lowest BCUT2D eigenvalue weighted by atomic mass is 10.2. The Bertz CT molecular complexity index is 685. The summed E-state index contributed by atoms with van der Waals surface area (Å²) in [5, 5.41) is 3.78. The number of rotatable bonds is 4. The molecule has 0 fully saturated rings. The quantitative estimate of drug-likeness (QED) is 0.499. The van der Waals surface area contributed by atoms with Gasteiger partial charge >= 0.3 is 0 Å². The SMILES string of the molecule is O=S(=O)(N/N=C/c1ccccc1I)c1ccccc1. The van der Waals surface area contributed by atoms with Crippen LogP contribution in [0, 0.1) is 3.57 Å². The van der Waals surface area contributed by atoms with Gasteiger partial charge in [0.1, 0.15) is 0 Å². The molecule has 0 aromatic heterocycles. The van der Waals surface area contributed by atoms with Crippen molar-refractivity contribution in [2.75, 3.05) is 0 Å². The molecule has 2 rings (SSSR count). The van der Waals surface area contributed by atoms with Gasteiger partial charge in [-0.15, -0.1) is 0 Å². The summed E-state index contributed by atoms with van der Waals surface area (Å²) >= 11 is 2.16. The molecule has 98 valence electrons. The molecule has 0 atom stereocenters. The van der Waals surface area contributed by atoms with E-state index in [0.717, 1.165) is 9.13 Å². The fourth-order valence-corrected chi connectivity index (χ4v) is 2.74. The first-order valence-corrected chi connectivity index (χ1v) is 8.00. The summed E-state index contributed by atoms with van der Waals surface area (Å²) in [6, 6.07) is 15.7. The Morgan fingerprint density at radius 3 is 2.32 bits per heavy atom. The first kappa shape index (κ1) is 14.0. The molecule has 0 amide bonds. The minimum Gasteiger partial charge on any atom is -0.200 e. The number of hydrogen-bond acceptors (Lipinski definition) is 3. The zero-order chi connectivity index (χ0) is 13.7. The van der Waals surface area contributed by atoms with E-state index in [0.29, 0.717) is 0 Å². The van der Waals surface area contributed by atoms with Gasteiger partial charge < -0.3 is 0 Å². The number of hydrazone groups is 1. The van der Waals surface area contributed by atoms with E-state index in [-0.39, 0.29) is 4.90 Å². The summed E-state index contributed by atoms with van der Waals surface area (Å²) in [6.45, 7) is 0. The monoisotopic (exact) mass is 386 g/mol. The van der Waals surface area contributed by atoms with Crippen LogP contribution in [0.2, 0.25) is 0 Å². The predicted octanol–water partition coefficient (Wildman–Crippen LogP) is 2.60. The molecule has 2 aromatic rings. The van der Waals surface area contributed by atoms with E-state index in [1.54, 1.807) is 18.2 Å². The lowest BCUT2D eigenvalue weighted by Gasteiger charge is -2.02. The van der Waals surface area contributed by atoms with E-state index in [1.807, 2.05) is 24.3 Å². The van der Waals surface area contributed by atoms with Crippen molar-refractivity contribution in [1.82, 2.24) is 4.83 Å². The Labute approximate surface area is 125 Å². The van der Waals surface area contributed by atoms with Crippen molar-refractivity contribution < 1.29 is 8.42 Å². The number of halogens is 1. The van der Waals surface area contributed by atoms with Crippen LogP contribution in [0.3, 0.4) is 0 Å². The lowest BCUT2D eigenvalue weighted by Crippen LogP contribution is -2.18. The van der Waals surface area contributed by atoms with Crippen LogP contribution in [0.1, 0.15) is 5.56 Å². The van der Waals surface area contributed by atoms with Crippen LogP contribution >= 0.6 is 22.6 Å². The molecule has 0 heterocycles. The molecule has 1 N–H and O–H groups in total. The Kier molecular flexibility index (Phi) is 4.54. The van der Waals surface area contributed by atoms with Crippen molar-refractivity contribution in [2.45, 2.75) is 4.90 Å². The standard InChI is InChI=1S/C13H11IN2O2S/c14-13-9-5-4-6-11(13)10-15-16-19(17,18)12-7-2-1-3-8-12/h1-10,16H/b15-10+. The maximum absolute atomic E-state index is 11.9. The van der Waals surface area contributed by atoms with Crippen LogP contribution in [-0.4, -0.2) is 14.6 Å². The predicted molar refractivity (Wildman–Crippen MR) is 83.5 cm³/mol. The molecule has 4 nitrogen and oxygen atoms in total.